The summed E-state index contributed by atoms with van der Waals surface area (Å²) in [4.78, 5) is 3.69. The van der Waals surface area contributed by atoms with Gasteiger partial charge >= 0.3 is 0 Å². The Morgan fingerprint density at radius 2 is 2.47 bits per heavy atom. The molecular formula is C8H14ClN5O. The maximum Gasteiger partial charge on any atom is 0.188 e. The molecule has 2 heterocycles. The Morgan fingerprint density at radius 3 is 3.13 bits per heavy atom. The van der Waals surface area contributed by atoms with Crippen LogP contribution in [0.5, 0.6) is 0 Å². The van der Waals surface area contributed by atoms with E-state index in [4.69, 9.17) is 16.3 Å². The number of hydrogen-bond acceptors (Lipinski definition) is 5. The molecule has 7 heteroatoms. The fourth-order valence-corrected chi connectivity index (χ4v) is 1.89. The Morgan fingerprint density at radius 1 is 1.60 bits per heavy atom. The van der Waals surface area contributed by atoms with E-state index >= 15 is 0 Å². The fourth-order valence-electron chi connectivity index (χ4n) is 1.61. The number of tetrazole rings is 1. The molecule has 1 fully saturated rings. The molecule has 1 aliphatic rings. The summed E-state index contributed by atoms with van der Waals surface area (Å²) in [6.45, 7) is 2.99. The van der Waals surface area contributed by atoms with Crippen LogP contribution in [-0.2, 0) is 18.3 Å². The Labute approximate surface area is 93.1 Å². The average Bonchev–Trinajstić information content (AvgIpc) is 2.65. The highest BCUT2D eigenvalue weighted by Crippen LogP contribution is 2.10. The minimum Gasteiger partial charge on any atom is -0.378 e. The van der Waals surface area contributed by atoms with Gasteiger partial charge in [0, 0.05) is 18.5 Å². The maximum atomic E-state index is 5.86. The number of aryl methyl sites for hydroxylation is 1. The number of hydrogen-bond donors (Lipinski definition) is 0. The summed E-state index contributed by atoms with van der Waals surface area (Å²) in [7, 11) is 1.76. The van der Waals surface area contributed by atoms with Crippen molar-refractivity contribution >= 4 is 11.6 Å². The Balaban J connectivity index is 1.97. The Kier molecular flexibility index (Phi) is 3.50. The molecule has 1 atom stereocenters. The molecule has 2 rings (SSSR count). The van der Waals surface area contributed by atoms with Crippen LogP contribution in [0.1, 0.15) is 5.82 Å². The molecule has 1 unspecified atom stereocenters. The van der Waals surface area contributed by atoms with Crippen molar-refractivity contribution in [3.63, 3.8) is 0 Å². The SMILES string of the molecule is Cn1nnc(CN2CCOCC2CCl)n1. The second-order valence-electron chi connectivity index (χ2n) is 3.55. The number of nitrogens with zero attached hydrogens (tertiary/aromatic N) is 5. The van der Waals surface area contributed by atoms with Gasteiger partial charge in [-0.05, 0) is 5.21 Å². The molecule has 0 amide bonds. The molecular weight excluding hydrogens is 218 g/mol. The van der Waals surface area contributed by atoms with Gasteiger partial charge in [0.2, 0.25) is 0 Å². The summed E-state index contributed by atoms with van der Waals surface area (Å²) in [6.07, 6.45) is 0. The standard InChI is InChI=1S/C8H14ClN5O/c1-13-11-8(10-12-13)5-14-2-3-15-6-7(14)4-9/h7H,2-6H2,1H3. The highest BCUT2D eigenvalue weighted by Gasteiger charge is 2.23. The van der Waals surface area contributed by atoms with E-state index in [1.807, 2.05) is 0 Å². The second kappa shape index (κ2) is 4.87. The van der Waals surface area contributed by atoms with Gasteiger partial charge in [-0.25, -0.2) is 0 Å². The molecule has 0 aromatic carbocycles. The van der Waals surface area contributed by atoms with E-state index in [2.05, 4.69) is 20.3 Å². The highest BCUT2D eigenvalue weighted by atomic mass is 35.5. The molecule has 1 saturated heterocycles. The first-order chi connectivity index (χ1) is 7.29. The largest absolute Gasteiger partial charge is 0.378 e. The van der Waals surface area contributed by atoms with Gasteiger partial charge in [0.25, 0.3) is 0 Å². The first kappa shape index (κ1) is 10.8. The smallest absolute Gasteiger partial charge is 0.188 e. The minimum atomic E-state index is 0.254. The zero-order valence-electron chi connectivity index (χ0n) is 8.64. The van der Waals surface area contributed by atoms with Crippen LogP contribution in [0.4, 0.5) is 0 Å². The lowest BCUT2D eigenvalue weighted by atomic mass is 10.2. The maximum absolute atomic E-state index is 5.86. The molecule has 15 heavy (non-hydrogen) atoms. The van der Waals surface area contributed by atoms with E-state index in [9.17, 15) is 0 Å². The van der Waals surface area contributed by atoms with Gasteiger partial charge in [0.1, 0.15) is 0 Å². The van der Waals surface area contributed by atoms with Crippen molar-refractivity contribution < 1.29 is 4.74 Å². The summed E-state index contributed by atoms with van der Waals surface area (Å²) in [5.74, 6) is 1.30. The monoisotopic (exact) mass is 231 g/mol. The topological polar surface area (TPSA) is 56.1 Å². The van der Waals surface area contributed by atoms with Crippen LogP contribution in [0.25, 0.3) is 0 Å². The first-order valence-electron chi connectivity index (χ1n) is 4.90. The van der Waals surface area contributed by atoms with Gasteiger partial charge < -0.3 is 4.74 Å². The lowest BCUT2D eigenvalue weighted by molar-refractivity contribution is -0.00420. The Hall–Kier alpha value is -0.720. The number of ether oxygens (including phenoxy) is 1. The van der Waals surface area contributed by atoms with Crippen LogP contribution in [0.2, 0.25) is 0 Å². The van der Waals surface area contributed by atoms with E-state index in [0.29, 0.717) is 19.0 Å². The van der Waals surface area contributed by atoms with Crippen molar-refractivity contribution in [3.05, 3.63) is 5.82 Å². The summed E-state index contributed by atoms with van der Waals surface area (Å²) in [5, 5.41) is 11.9. The summed E-state index contributed by atoms with van der Waals surface area (Å²) in [5.41, 5.74) is 0. The van der Waals surface area contributed by atoms with E-state index in [-0.39, 0.29) is 6.04 Å². The lowest BCUT2D eigenvalue weighted by Gasteiger charge is -2.33. The number of rotatable bonds is 3. The van der Waals surface area contributed by atoms with Crippen molar-refractivity contribution in [3.8, 4) is 0 Å². The molecule has 0 aliphatic carbocycles. The Bertz CT molecular complexity index is 318. The third-order valence-corrected chi connectivity index (χ3v) is 2.78. The van der Waals surface area contributed by atoms with Crippen LogP contribution in [0, 0.1) is 0 Å². The van der Waals surface area contributed by atoms with Gasteiger partial charge in [0.05, 0.1) is 26.8 Å². The number of alkyl halides is 1. The third kappa shape index (κ3) is 2.64. The molecule has 1 aliphatic heterocycles. The van der Waals surface area contributed by atoms with Crippen LogP contribution >= 0.6 is 11.6 Å². The van der Waals surface area contributed by atoms with Crippen LogP contribution in [0.15, 0.2) is 0 Å². The molecule has 1 aromatic heterocycles. The van der Waals surface area contributed by atoms with Crippen molar-refractivity contribution in [2.45, 2.75) is 12.6 Å². The van der Waals surface area contributed by atoms with Gasteiger partial charge in [-0.1, -0.05) is 0 Å². The normalized spacial score (nSPS) is 23.2. The number of morpholine rings is 1. The average molecular weight is 232 g/mol. The van der Waals surface area contributed by atoms with Gasteiger partial charge in [-0.15, -0.1) is 21.8 Å². The summed E-state index contributed by atoms with van der Waals surface area (Å²) >= 11 is 5.86. The zero-order chi connectivity index (χ0) is 10.7. The van der Waals surface area contributed by atoms with Gasteiger partial charge in [0.15, 0.2) is 5.82 Å². The predicted octanol–water partition coefficient (Wildman–Crippen LogP) is -0.350. The van der Waals surface area contributed by atoms with E-state index < -0.39 is 0 Å². The third-order valence-electron chi connectivity index (χ3n) is 2.42. The molecule has 1 aromatic rings. The van der Waals surface area contributed by atoms with E-state index in [1.54, 1.807) is 7.05 Å². The highest BCUT2D eigenvalue weighted by molar-refractivity contribution is 6.18. The minimum absolute atomic E-state index is 0.254. The predicted molar refractivity (Wildman–Crippen MR) is 54.5 cm³/mol. The van der Waals surface area contributed by atoms with Crippen molar-refractivity contribution in [1.82, 2.24) is 25.1 Å². The van der Waals surface area contributed by atoms with Gasteiger partial charge in [-0.2, -0.15) is 4.80 Å². The molecule has 0 radical (unpaired) electrons. The van der Waals surface area contributed by atoms with Crippen molar-refractivity contribution in [2.75, 3.05) is 25.6 Å². The van der Waals surface area contributed by atoms with Crippen molar-refractivity contribution in [1.29, 1.82) is 0 Å². The quantitative estimate of drug-likeness (QED) is 0.666. The van der Waals surface area contributed by atoms with Crippen LogP contribution in [-0.4, -0.2) is 56.8 Å². The first-order valence-corrected chi connectivity index (χ1v) is 5.43. The zero-order valence-corrected chi connectivity index (χ0v) is 9.39. The molecule has 0 N–H and O–H groups in total. The second-order valence-corrected chi connectivity index (χ2v) is 3.86. The molecule has 0 bridgehead atoms. The lowest BCUT2D eigenvalue weighted by Crippen LogP contribution is -2.46. The molecule has 0 spiro atoms. The van der Waals surface area contributed by atoms with Crippen LogP contribution in [0.3, 0.4) is 0 Å². The van der Waals surface area contributed by atoms with E-state index in [0.717, 1.165) is 19.0 Å². The molecule has 6 nitrogen and oxygen atoms in total. The van der Waals surface area contributed by atoms with E-state index in [1.165, 1.54) is 4.80 Å². The van der Waals surface area contributed by atoms with Crippen LogP contribution < -0.4 is 0 Å². The number of halogens is 1. The fraction of sp³-hybridized carbons (Fsp3) is 0.875. The molecule has 84 valence electrons. The van der Waals surface area contributed by atoms with Crippen molar-refractivity contribution in [2.24, 2.45) is 7.05 Å². The molecule has 0 saturated carbocycles. The number of aromatic nitrogens is 4. The summed E-state index contributed by atoms with van der Waals surface area (Å²) in [6, 6.07) is 0.254. The van der Waals surface area contributed by atoms with Gasteiger partial charge in [-0.3, -0.25) is 4.90 Å². The summed E-state index contributed by atoms with van der Waals surface area (Å²) < 4.78 is 5.36.